The molecule has 140 valence electrons. The molecule has 2 saturated heterocycles. The molecule has 0 spiro atoms. The van der Waals surface area contributed by atoms with Gasteiger partial charge in [-0.25, -0.2) is 17.7 Å². The molecular formula is C17H22N4O4S. The predicted molar refractivity (Wildman–Crippen MR) is 95.2 cm³/mol. The first kappa shape index (κ1) is 17.4. The van der Waals surface area contributed by atoms with Crippen molar-refractivity contribution in [2.75, 3.05) is 32.4 Å². The number of fused-ring (bicyclic) bond motifs is 2. The van der Waals surface area contributed by atoms with Gasteiger partial charge in [0.2, 0.25) is 10.0 Å². The first-order chi connectivity index (χ1) is 12.2. The van der Waals surface area contributed by atoms with Gasteiger partial charge in [-0.3, -0.25) is 9.69 Å². The number of carboxylic acids is 1. The average molecular weight is 378 g/mol. The van der Waals surface area contributed by atoms with E-state index in [0.717, 1.165) is 23.2 Å². The molecule has 2 aromatic heterocycles. The Labute approximate surface area is 152 Å². The van der Waals surface area contributed by atoms with Crippen LogP contribution in [0.5, 0.6) is 0 Å². The standard InChI is InChI=1S/C17H22N4O4S/c1-12-3-4-15-18-14(9-20(15)5-12)8-19-6-13-7-21(26(2,24)25)11-17(13,10-19)16(22)23/h3-5,9,13H,6-8,10-11H2,1-2H3,(H,22,23)/t13-,17-/m0/s1. The molecule has 2 aliphatic heterocycles. The Morgan fingerprint density at radius 1 is 1.31 bits per heavy atom. The van der Waals surface area contributed by atoms with Crippen LogP contribution >= 0.6 is 0 Å². The van der Waals surface area contributed by atoms with Crippen LogP contribution in [0.25, 0.3) is 5.65 Å². The highest BCUT2D eigenvalue weighted by Gasteiger charge is 2.59. The predicted octanol–water partition coefficient (Wildman–Crippen LogP) is 0.421. The molecule has 9 heteroatoms. The monoisotopic (exact) mass is 378 g/mol. The molecule has 0 aromatic carbocycles. The SMILES string of the molecule is Cc1ccc2nc(CN3C[C@H]4CN(S(C)(=O)=O)C[C@@]4(C(=O)O)C3)cn2c1. The number of hydrogen-bond donors (Lipinski definition) is 1. The normalized spacial score (nSPS) is 27.2. The number of aromatic nitrogens is 2. The number of hydrogen-bond acceptors (Lipinski definition) is 5. The van der Waals surface area contributed by atoms with E-state index in [4.69, 9.17) is 0 Å². The third kappa shape index (κ3) is 2.80. The molecule has 0 bridgehead atoms. The van der Waals surface area contributed by atoms with Gasteiger partial charge in [0, 0.05) is 51.0 Å². The van der Waals surface area contributed by atoms with E-state index in [2.05, 4.69) is 9.88 Å². The molecule has 0 saturated carbocycles. The summed E-state index contributed by atoms with van der Waals surface area (Å²) in [5.41, 5.74) is 1.86. The Bertz CT molecular complexity index is 986. The highest BCUT2D eigenvalue weighted by Crippen LogP contribution is 2.44. The number of sulfonamides is 1. The summed E-state index contributed by atoms with van der Waals surface area (Å²) in [5, 5.41) is 9.82. The van der Waals surface area contributed by atoms with E-state index < -0.39 is 21.4 Å². The molecule has 0 radical (unpaired) electrons. The van der Waals surface area contributed by atoms with Crippen LogP contribution in [0.1, 0.15) is 11.3 Å². The molecule has 26 heavy (non-hydrogen) atoms. The van der Waals surface area contributed by atoms with Gasteiger partial charge in [-0.2, -0.15) is 0 Å². The van der Waals surface area contributed by atoms with Crippen molar-refractivity contribution in [3.05, 3.63) is 35.8 Å². The zero-order valence-electron chi connectivity index (χ0n) is 14.8. The van der Waals surface area contributed by atoms with Crippen molar-refractivity contribution in [1.82, 2.24) is 18.6 Å². The number of pyridine rings is 1. The molecule has 8 nitrogen and oxygen atoms in total. The Kier molecular flexibility index (Phi) is 3.87. The van der Waals surface area contributed by atoms with E-state index in [0.29, 0.717) is 19.6 Å². The van der Waals surface area contributed by atoms with Crippen LogP contribution in [0.4, 0.5) is 0 Å². The minimum Gasteiger partial charge on any atom is -0.481 e. The second kappa shape index (κ2) is 5.77. The van der Waals surface area contributed by atoms with Gasteiger partial charge in [0.1, 0.15) is 5.65 Å². The van der Waals surface area contributed by atoms with Gasteiger partial charge >= 0.3 is 5.97 Å². The Balaban J connectivity index is 1.55. The Hall–Kier alpha value is -1.97. The number of carboxylic acid groups (broad SMARTS) is 1. The van der Waals surface area contributed by atoms with Crippen molar-refractivity contribution in [1.29, 1.82) is 0 Å². The lowest BCUT2D eigenvalue weighted by Crippen LogP contribution is -2.41. The van der Waals surface area contributed by atoms with Crippen LogP contribution in [0.2, 0.25) is 0 Å². The second-order valence-corrected chi connectivity index (χ2v) is 9.57. The fraction of sp³-hybridized carbons (Fsp3) is 0.529. The quantitative estimate of drug-likeness (QED) is 0.829. The number of aliphatic carboxylic acids is 1. The minimum atomic E-state index is -3.38. The molecule has 1 N–H and O–H groups in total. The van der Waals surface area contributed by atoms with Crippen molar-refractivity contribution in [2.24, 2.45) is 11.3 Å². The van der Waals surface area contributed by atoms with Crippen molar-refractivity contribution < 1.29 is 18.3 Å². The van der Waals surface area contributed by atoms with Crippen LogP contribution in [-0.2, 0) is 21.4 Å². The summed E-state index contributed by atoms with van der Waals surface area (Å²) in [6.45, 7) is 3.80. The lowest BCUT2D eigenvalue weighted by Gasteiger charge is -2.24. The maximum absolute atomic E-state index is 12.0. The molecule has 4 rings (SSSR count). The van der Waals surface area contributed by atoms with E-state index in [1.54, 1.807) is 0 Å². The van der Waals surface area contributed by atoms with Gasteiger partial charge in [-0.05, 0) is 18.6 Å². The maximum atomic E-state index is 12.0. The zero-order chi connectivity index (χ0) is 18.7. The van der Waals surface area contributed by atoms with Crippen molar-refractivity contribution in [3.63, 3.8) is 0 Å². The molecule has 4 heterocycles. The van der Waals surface area contributed by atoms with Crippen LogP contribution in [0.3, 0.4) is 0 Å². The molecule has 2 atom stereocenters. The number of likely N-dealkylation sites (tertiary alicyclic amines) is 1. The summed E-state index contributed by atoms with van der Waals surface area (Å²) in [4.78, 5) is 18.7. The molecule has 2 aliphatic rings. The molecule has 0 amide bonds. The highest BCUT2D eigenvalue weighted by molar-refractivity contribution is 7.88. The molecule has 2 fully saturated rings. The van der Waals surface area contributed by atoms with E-state index in [-0.39, 0.29) is 19.0 Å². The average Bonchev–Trinajstić information content (AvgIpc) is 3.16. The van der Waals surface area contributed by atoms with Crippen LogP contribution < -0.4 is 0 Å². The number of aryl methyl sites for hydroxylation is 1. The topological polar surface area (TPSA) is 95.2 Å². The van der Waals surface area contributed by atoms with Gasteiger partial charge in [0.05, 0.1) is 17.4 Å². The summed E-state index contributed by atoms with van der Waals surface area (Å²) < 4.78 is 26.9. The highest BCUT2D eigenvalue weighted by atomic mass is 32.2. The molecule has 0 unspecified atom stereocenters. The first-order valence-corrected chi connectivity index (χ1v) is 10.4. The van der Waals surface area contributed by atoms with E-state index in [9.17, 15) is 18.3 Å². The zero-order valence-corrected chi connectivity index (χ0v) is 15.6. The van der Waals surface area contributed by atoms with Crippen molar-refractivity contribution in [2.45, 2.75) is 13.5 Å². The van der Waals surface area contributed by atoms with E-state index in [1.807, 2.05) is 35.9 Å². The second-order valence-electron chi connectivity index (χ2n) is 7.59. The van der Waals surface area contributed by atoms with Gasteiger partial charge < -0.3 is 9.51 Å². The summed E-state index contributed by atoms with van der Waals surface area (Å²) in [6, 6.07) is 3.96. The summed E-state index contributed by atoms with van der Waals surface area (Å²) in [5.74, 6) is -1.12. The molecule has 2 aromatic rings. The fourth-order valence-corrected chi connectivity index (χ4v) is 5.18. The summed E-state index contributed by atoms with van der Waals surface area (Å²) >= 11 is 0. The van der Waals surface area contributed by atoms with Crippen LogP contribution in [-0.4, -0.2) is 70.5 Å². The summed E-state index contributed by atoms with van der Waals surface area (Å²) in [6.07, 6.45) is 5.11. The lowest BCUT2D eigenvalue weighted by molar-refractivity contribution is -0.148. The van der Waals surface area contributed by atoms with Gasteiger partial charge in [0.15, 0.2) is 0 Å². The minimum absolute atomic E-state index is 0.0483. The van der Waals surface area contributed by atoms with Crippen LogP contribution in [0.15, 0.2) is 24.5 Å². The Morgan fingerprint density at radius 3 is 2.73 bits per heavy atom. The van der Waals surface area contributed by atoms with Gasteiger partial charge in [-0.15, -0.1) is 0 Å². The van der Waals surface area contributed by atoms with E-state index in [1.165, 1.54) is 4.31 Å². The smallest absolute Gasteiger partial charge is 0.312 e. The number of nitrogens with zero attached hydrogens (tertiary/aromatic N) is 4. The Morgan fingerprint density at radius 2 is 2.08 bits per heavy atom. The molecule has 0 aliphatic carbocycles. The third-order valence-electron chi connectivity index (χ3n) is 5.58. The number of rotatable bonds is 4. The van der Waals surface area contributed by atoms with Gasteiger partial charge in [0.25, 0.3) is 0 Å². The first-order valence-electron chi connectivity index (χ1n) is 8.52. The number of imidazole rings is 1. The lowest BCUT2D eigenvalue weighted by atomic mass is 9.81. The van der Waals surface area contributed by atoms with Crippen LogP contribution in [0, 0.1) is 18.3 Å². The third-order valence-corrected chi connectivity index (χ3v) is 6.79. The summed E-state index contributed by atoms with van der Waals surface area (Å²) in [7, 11) is -3.38. The molecular weight excluding hydrogens is 356 g/mol. The van der Waals surface area contributed by atoms with E-state index >= 15 is 0 Å². The fourth-order valence-electron chi connectivity index (χ4n) is 4.26. The maximum Gasteiger partial charge on any atom is 0.312 e. The number of carbonyl (C=O) groups is 1. The van der Waals surface area contributed by atoms with Gasteiger partial charge in [-0.1, -0.05) is 6.07 Å². The largest absolute Gasteiger partial charge is 0.481 e. The van der Waals surface area contributed by atoms with Crippen molar-refractivity contribution in [3.8, 4) is 0 Å². The van der Waals surface area contributed by atoms with Crippen molar-refractivity contribution >= 4 is 21.6 Å².